The number of hydrogen-bond donors (Lipinski definition) is 3. The Morgan fingerprint density at radius 3 is 2.74 bits per heavy atom. The number of carbonyl (C=O) groups is 1. The van der Waals surface area contributed by atoms with E-state index in [9.17, 15) is 13.2 Å². The van der Waals surface area contributed by atoms with Crippen molar-refractivity contribution < 1.29 is 13.2 Å². The first-order valence-corrected chi connectivity index (χ1v) is 9.49. The zero-order valence-corrected chi connectivity index (χ0v) is 14.1. The van der Waals surface area contributed by atoms with E-state index in [1.165, 1.54) is 23.5 Å². The molecule has 0 bridgehead atoms. The van der Waals surface area contributed by atoms with Gasteiger partial charge in [-0.05, 0) is 42.6 Å². The van der Waals surface area contributed by atoms with Crippen LogP contribution in [0.2, 0.25) is 0 Å². The Labute approximate surface area is 139 Å². The highest BCUT2D eigenvalue weighted by Crippen LogP contribution is 2.14. The average molecular weight is 353 g/mol. The second-order valence-corrected chi connectivity index (χ2v) is 7.63. The molecule has 6 nitrogen and oxygen atoms in total. The quantitative estimate of drug-likeness (QED) is 0.623. The van der Waals surface area contributed by atoms with Crippen molar-refractivity contribution in [3.05, 3.63) is 52.2 Å². The summed E-state index contributed by atoms with van der Waals surface area (Å²) < 4.78 is 27.1. The number of benzene rings is 1. The van der Waals surface area contributed by atoms with Crippen LogP contribution >= 0.6 is 11.3 Å². The van der Waals surface area contributed by atoms with Gasteiger partial charge in [-0.25, -0.2) is 13.1 Å². The average Bonchev–Trinajstić information content (AvgIpc) is 3.07. The summed E-state index contributed by atoms with van der Waals surface area (Å²) in [5, 5.41) is 4.59. The fourth-order valence-corrected chi connectivity index (χ4v) is 3.66. The van der Waals surface area contributed by atoms with Gasteiger partial charge in [0.1, 0.15) is 0 Å². The zero-order chi connectivity index (χ0) is 16.7. The summed E-state index contributed by atoms with van der Waals surface area (Å²) in [6.07, 6.45) is 0.673. The second-order valence-electron chi connectivity index (χ2n) is 4.83. The minimum absolute atomic E-state index is 0.0699. The van der Waals surface area contributed by atoms with E-state index < -0.39 is 10.0 Å². The fraction of sp³-hybridized carbons (Fsp3) is 0.267. The van der Waals surface area contributed by atoms with E-state index in [0.29, 0.717) is 25.1 Å². The first-order valence-electron chi connectivity index (χ1n) is 7.13. The second kappa shape index (κ2) is 8.21. The smallest absolute Gasteiger partial charge is 0.251 e. The normalized spacial score (nSPS) is 11.3. The molecule has 0 aliphatic rings. The van der Waals surface area contributed by atoms with Crippen molar-refractivity contribution in [3.8, 4) is 0 Å². The van der Waals surface area contributed by atoms with Crippen LogP contribution in [-0.4, -0.2) is 27.4 Å². The van der Waals surface area contributed by atoms with Crippen LogP contribution in [-0.2, 0) is 16.6 Å². The molecule has 1 amide bonds. The molecular formula is C15H19N3O3S2. The van der Waals surface area contributed by atoms with Crippen molar-refractivity contribution in [2.75, 3.05) is 13.1 Å². The Bertz CT molecular complexity index is 743. The van der Waals surface area contributed by atoms with Gasteiger partial charge in [-0.3, -0.25) is 4.79 Å². The van der Waals surface area contributed by atoms with Gasteiger partial charge >= 0.3 is 0 Å². The molecule has 1 aromatic heterocycles. The highest BCUT2D eigenvalue weighted by Gasteiger charge is 2.16. The number of nitrogens with two attached hydrogens (primary N) is 1. The largest absolute Gasteiger partial charge is 0.352 e. The van der Waals surface area contributed by atoms with Gasteiger partial charge in [-0.1, -0.05) is 12.1 Å². The predicted molar refractivity (Wildman–Crippen MR) is 90.8 cm³/mol. The number of carbonyl (C=O) groups excluding carboxylic acids is 1. The van der Waals surface area contributed by atoms with Crippen LogP contribution in [0.25, 0.3) is 0 Å². The van der Waals surface area contributed by atoms with Crippen LogP contribution in [0.1, 0.15) is 21.7 Å². The highest BCUT2D eigenvalue weighted by molar-refractivity contribution is 7.89. The molecule has 0 fully saturated rings. The summed E-state index contributed by atoms with van der Waals surface area (Å²) in [7, 11) is -3.66. The van der Waals surface area contributed by atoms with E-state index in [2.05, 4.69) is 10.0 Å². The van der Waals surface area contributed by atoms with E-state index in [0.717, 1.165) is 4.88 Å². The lowest BCUT2D eigenvalue weighted by molar-refractivity contribution is 0.0953. The van der Waals surface area contributed by atoms with Gasteiger partial charge in [0, 0.05) is 23.5 Å². The van der Waals surface area contributed by atoms with Gasteiger partial charge in [0.05, 0.1) is 4.90 Å². The standard InChI is InChI=1S/C15H19N3O3S2/c16-7-3-8-17-15(19)12-4-1-6-14(10-12)23(20,21)18-11-13-5-2-9-22-13/h1-2,4-6,9-10,18H,3,7-8,11,16H2,(H,17,19). The van der Waals surface area contributed by atoms with E-state index in [1.807, 2.05) is 17.5 Å². The van der Waals surface area contributed by atoms with Crippen molar-refractivity contribution in [3.63, 3.8) is 0 Å². The van der Waals surface area contributed by atoms with E-state index in [-0.39, 0.29) is 17.3 Å². The fourth-order valence-electron chi connectivity index (χ4n) is 1.87. The molecule has 2 aromatic rings. The third-order valence-electron chi connectivity index (χ3n) is 3.09. The monoisotopic (exact) mass is 353 g/mol. The Balaban J connectivity index is 2.06. The summed E-state index contributed by atoms with van der Waals surface area (Å²) in [6, 6.07) is 9.69. The number of amides is 1. The minimum Gasteiger partial charge on any atom is -0.352 e. The first kappa shape index (κ1) is 17.6. The molecule has 124 valence electrons. The third-order valence-corrected chi connectivity index (χ3v) is 5.36. The van der Waals surface area contributed by atoms with Crippen LogP contribution in [0.15, 0.2) is 46.7 Å². The SMILES string of the molecule is NCCCNC(=O)c1cccc(S(=O)(=O)NCc2cccs2)c1. The summed E-state index contributed by atoms with van der Waals surface area (Å²) in [5.41, 5.74) is 5.68. The molecule has 0 saturated carbocycles. The lowest BCUT2D eigenvalue weighted by Gasteiger charge is -2.08. The van der Waals surface area contributed by atoms with E-state index in [1.54, 1.807) is 12.1 Å². The molecule has 0 aliphatic carbocycles. The van der Waals surface area contributed by atoms with E-state index in [4.69, 9.17) is 5.73 Å². The van der Waals surface area contributed by atoms with Gasteiger partial charge < -0.3 is 11.1 Å². The molecule has 8 heteroatoms. The van der Waals surface area contributed by atoms with Crippen molar-refractivity contribution in [2.45, 2.75) is 17.9 Å². The number of rotatable bonds is 8. The maximum atomic E-state index is 12.3. The summed E-state index contributed by atoms with van der Waals surface area (Å²) in [4.78, 5) is 13.0. The van der Waals surface area contributed by atoms with Crippen LogP contribution in [0.3, 0.4) is 0 Å². The highest BCUT2D eigenvalue weighted by atomic mass is 32.2. The number of nitrogens with one attached hydrogen (secondary N) is 2. The van der Waals surface area contributed by atoms with Crippen LogP contribution in [0.5, 0.6) is 0 Å². The molecule has 0 spiro atoms. The molecule has 0 atom stereocenters. The molecular weight excluding hydrogens is 334 g/mol. The van der Waals surface area contributed by atoms with Crippen LogP contribution in [0.4, 0.5) is 0 Å². The molecule has 0 aliphatic heterocycles. The Kier molecular flexibility index (Phi) is 6.28. The molecule has 1 heterocycles. The zero-order valence-electron chi connectivity index (χ0n) is 12.5. The van der Waals surface area contributed by atoms with Crippen LogP contribution < -0.4 is 15.8 Å². The summed E-state index contributed by atoms with van der Waals surface area (Å²) in [5.74, 6) is -0.311. The molecule has 0 saturated heterocycles. The molecule has 23 heavy (non-hydrogen) atoms. The van der Waals surface area contributed by atoms with Crippen LogP contribution in [0, 0.1) is 0 Å². The van der Waals surface area contributed by atoms with E-state index >= 15 is 0 Å². The molecule has 0 radical (unpaired) electrons. The lowest BCUT2D eigenvalue weighted by atomic mass is 10.2. The minimum atomic E-state index is -3.66. The van der Waals surface area contributed by atoms with Gasteiger partial charge in [0.15, 0.2) is 0 Å². The predicted octanol–water partition coefficient (Wildman–Crippen LogP) is 1.31. The maximum absolute atomic E-state index is 12.3. The number of hydrogen-bond acceptors (Lipinski definition) is 5. The molecule has 1 aromatic carbocycles. The topological polar surface area (TPSA) is 101 Å². The van der Waals surface area contributed by atoms with Gasteiger partial charge in [-0.15, -0.1) is 11.3 Å². The maximum Gasteiger partial charge on any atom is 0.251 e. The summed E-state index contributed by atoms with van der Waals surface area (Å²) >= 11 is 1.48. The Hall–Kier alpha value is -1.74. The van der Waals surface area contributed by atoms with Crippen molar-refractivity contribution in [2.24, 2.45) is 5.73 Å². The Morgan fingerprint density at radius 1 is 1.22 bits per heavy atom. The first-order chi connectivity index (χ1) is 11.0. The van der Waals surface area contributed by atoms with Gasteiger partial charge in [0.2, 0.25) is 10.0 Å². The van der Waals surface area contributed by atoms with Crippen molar-refractivity contribution >= 4 is 27.3 Å². The molecule has 2 rings (SSSR count). The van der Waals surface area contributed by atoms with Crippen molar-refractivity contribution in [1.29, 1.82) is 0 Å². The Morgan fingerprint density at radius 2 is 2.04 bits per heavy atom. The molecule has 4 N–H and O–H groups in total. The summed E-state index contributed by atoms with van der Waals surface area (Å²) in [6.45, 7) is 1.18. The van der Waals surface area contributed by atoms with Gasteiger partial charge in [-0.2, -0.15) is 0 Å². The molecule has 0 unspecified atom stereocenters. The van der Waals surface area contributed by atoms with Gasteiger partial charge in [0.25, 0.3) is 5.91 Å². The third kappa shape index (κ3) is 5.14. The number of thiophene rings is 1. The lowest BCUT2D eigenvalue weighted by Crippen LogP contribution is -2.27. The van der Waals surface area contributed by atoms with Crippen molar-refractivity contribution in [1.82, 2.24) is 10.0 Å². The number of sulfonamides is 1.